The molecule has 1 aliphatic rings. The number of nitrogens with zero attached hydrogens (tertiary/aromatic N) is 4. The van der Waals surface area contributed by atoms with Crippen LogP contribution >= 0.6 is 11.6 Å². The minimum Gasteiger partial charge on any atom is -0.367 e. The number of hydrogen-bond acceptors (Lipinski definition) is 5. The van der Waals surface area contributed by atoms with E-state index in [-0.39, 0.29) is 0 Å². The van der Waals surface area contributed by atoms with E-state index in [0.29, 0.717) is 16.6 Å². The standard InChI is InChI=1S/C21H20ClN5/c1-14-3-2-4-21(24-14)27-9-7-17(8-10-27)25-20-11-15(13-23)18-12-16(22)5-6-19(18)26-20/h2-6,11-12,17H,7-10H2,1H3,(H,25,26). The van der Waals surface area contributed by atoms with Crippen molar-refractivity contribution in [3.8, 4) is 6.07 Å². The van der Waals surface area contributed by atoms with Gasteiger partial charge in [0.2, 0.25) is 0 Å². The number of piperidine rings is 1. The Labute approximate surface area is 163 Å². The Morgan fingerprint density at radius 2 is 1.96 bits per heavy atom. The van der Waals surface area contributed by atoms with Crippen molar-refractivity contribution in [2.24, 2.45) is 0 Å². The molecule has 6 heteroatoms. The zero-order valence-electron chi connectivity index (χ0n) is 15.1. The van der Waals surface area contributed by atoms with Crippen LogP contribution in [0.15, 0.2) is 42.5 Å². The van der Waals surface area contributed by atoms with Crippen LogP contribution < -0.4 is 10.2 Å². The summed E-state index contributed by atoms with van der Waals surface area (Å²) in [5, 5.41) is 14.4. The molecule has 0 aliphatic carbocycles. The van der Waals surface area contributed by atoms with Gasteiger partial charge in [0, 0.05) is 35.2 Å². The Morgan fingerprint density at radius 3 is 2.70 bits per heavy atom. The van der Waals surface area contributed by atoms with Crippen molar-refractivity contribution in [3.05, 3.63) is 58.7 Å². The summed E-state index contributed by atoms with van der Waals surface area (Å²) >= 11 is 6.05. The third kappa shape index (κ3) is 3.81. The van der Waals surface area contributed by atoms with Crippen LogP contribution in [0.4, 0.5) is 11.6 Å². The highest BCUT2D eigenvalue weighted by Crippen LogP contribution is 2.26. The molecule has 0 saturated carbocycles. The molecule has 0 bridgehead atoms. The van der Waals surface area contributed by atoms with E-state index in [0.717, 1.165) is 54.2 Å². The number of nitrogens with one attached hydrogen (secondary N) is 1. The van der Waals surface area contributed by atoms with Gasteiger partial charge in [0.15, 0.2) is 0 Å². The number of benzene rings is 1. The van der Waals surface area contributed by atoms with Crippen molar-refractivity contribution < 1.29 is 0 Å². The second-order valence-electron chi connectivity index (χ2n) is 6.87. The monoisotopic (exact) mass is 377 g/mol. The molecule has 3 aromatic rings. The smallest absolute Gasteiger partial charge is 0.128 e. The van der Waals surface area contributed by atoms with Gasteiger partial charge in [-0.3, -0.25) is 0 Å². The van der Waals surface area contributed by atoms with Crippen LogP contribution in [0, 0.1) is 18.3 Å². The molecular weight excluding hydrogens is 358 g/mol. The molecule has 5 nitrogen and oxygen atoms in total. The van der Waals surface area contributed by atoms with Crippen LogP contribution in [0.3, 0.4) is 0 Å². The lowest BCUT2D eigenvalue weighted by atomic mass is 10.0. The second-order valence-corrected chi connectivity index (χ2v) is 7.31. The summed E-state index contributed by atoms with van der Waals surface area (Å²) in [4.78, 5) is 11.6. The van der Waals surface area contributed by atoms with Gasteiger partial charge in [-0.1, -0.05) is 17.7 Å². The Kier molecular flexibility index (Phi) is 4.83. The summed E-state index contributed by atoms with van der Waals surface area (Å²) in [5.41, 5.74) is 2.41. The summed E-state index contributed by atoms with van der Waals surface area (Å²) in [5.74, 6) is 1.79. The van der Waals surface area contributed by atoms with Crippen molar-refractivity contribution in [2.45, 2.75) is 25.8 Å². The second kappa shape index (κ2) is 7.42. The van der Waals surface area contributed by atoms with E-state index in [1.54, 1.807) is 12.1 Å². The van der Waals surface area contributed by atoms with E-state index in [1.165, 1.54) is 0 Å². The van der Waals surface area contributed by atoms with Crippen molar-refractivity contribution in [2.75, 3.05) is 23.3 Å². The molecule has 136 valence electrons. The van der Waals surface area contributed by atoms with E-state index in [4.69, 9.17) is 11.6 Å². The minimum atomic E-state index is 0.329. The molecule has 1 aromatic carbocycles. The van der Waals surface area contributed by atoms with Crippen LogP contribution in [0.1, 0.15) is 24.1 Å². The van der Waals surface area contributed by atoms with Crippen LogP contribution in [0.25, 0.3) is 10.9 Å². The first-order valence-corrected chi connectivity index (χ1v) is 9.46. The van der Waals surface area contributed by atoms with Gasteiger partial charge in [-0.15, -0.1) is 0 Å². The lowest BCUT2D eigenvalue weighted by Crippen LogP contribution is -2.39. The molecule has 1 fully saturated rings. The Bertz CT molecular complexity index is 1020. The van der Waals surface area contributed by atoms with Gasteiger partial charge < -0.3 is 10.2 Å². The molecule has 2 aromatic heterocycles. The van der Waals surface area contributed by atoms with Crippen LogP contribution in [0.2, 0.25) is 5.02 Å². The highest BCUT2D eigenvalue weighted by atomic mass is 35.5. The number of nitriles is 1. The molecule has 3 heterocycles. The van der Waals surface area contributed by atoms with E-state index >= 15 is 0 Å². The van der Waals surface area contributed by atoms with Crippen molar-refractivity contribution in [3.63, 3.8) is 0 Å². The SMILES string of the molecule is Cc1cccc(N2CCC(Nc3cc(C#N)c4cc(Cl)ccc4n3)CC2)n1. The molecule has 1 aliphatic heterocycles. The number of aromatic nitrogens is 2. The van der Waals surface area contributed by atoms with Gasteiger partial charge in [0.1, 0.15) is 11.6 Å². The highest BCUT2D eigenvalue weighted by molar-refractivity contribution is 6.31. The van der Waals surface area contributed by atoms with Crippen molar-refractivity contribution in [1.29, 1.82) is 5.26 Å². The van der Waals surface area contributed by atoms with Crippen LogP contribution in [0.5, 0.6) is 0 Å². The predicted octanol–water partition coefficient (Wildman–Crippen LogP) is 4.54. The summed E-state index contributed by atoms with van der Waals surface area (Å²) in [7, 11) is 0. The zero-order chi connectivity index (χ0) is 18.8. The summed E-state index contributed by atoms with van der Waals surface area (Å²) in [6, 6.07) is 16.0. The molecule has 0 spiro atoms. The maximum atomic E-state index is 9.48. The Hall–Kier alpha value is -2.84. The molecule has 0 atom stereocenters. The van der Waals surface area contributed by atoms with Gasteiger partial charge in [-0.2, -0.15) is 5.26 Å². The number of halogens is 1. The zero-order valence-corrected chi connectivity index (χ0v) is 15.9. The Morgan fingerprint density at radius 1 is 1.15 bits per heavy atom. The lowest BCUT2D eigenvalue weighted by Gasteiger charge is -2.33. The van der Waals surface area contributed by atoms with Crippen molar-refractivity contribution >= 4 is 34.1 Å². The van der Waals surface area contributed by atoms with Crippen molar-refractivity contribution in [1.82, 2.24) is 9.97 Å². The van der Waals surface area contributed by atoms with Crippen LogP contribution in [-0.2, 0) is 0 Å². The summed E-state index contributed by atoms with van der Waals surface area (Å²) in [6.07, 6.45) is 2.00. The Balaban J connectivity index is 1.48. The van der Waals surface area contributed by atoms with E-state index in [1.807, 2.05) is 25.1 Å². The van der Waals surface area contributed by atoms with E-state index < -0.39 is 0 Å². The van der Waals surface area contributed by atoms with Gasteiger partial charge in [0.25, 0.3) is 0 Å². The third-order valence-electron chi connectivity index (χ3n) is 4.94. The van der Waals surface area contributed by atoms with E-state index in [2.05, 4.69) is 38.4 Å². The quantitative estimate of drug-likeness (QED) is 0.725. The molecule has 0 amide bonds. The third-order valence-corrected chi connectivity index (χ3v) is 5.17. The fourth-order valence-electron chi connectivity index (χ4n) is 3.53. The van der Waals surface area contributed by atoms with E-state index in [9.17, 15) is 5.26 Å². The van der Waals surface area contributed by atoms with Gasteiger partial charge >= 0.3 is 0 Å². The first-order chi connectivity index (χ1) is 13.1. The number of aryl methyl sites for hydroxylation is 1. The average molecular weight is 378 g/mol. The number of pyridine rings is 2. The van der Waals surface area contributed by atoms with Crippen LogP contribution in [-0.4, -0.2) is 29.1 Å². The topological polar surface area (TPSA) is 64.8 Å². The number of fused-ring (bicyclic) bond motifs is 1. The largest absolute Gasteiger partial charge is 0.367 e. The normalized spacial score (nSPS) is 14.9. The van der Waals surface area contributed by atoms with Gasteiger partial charge in [-0.05, 0) is 56.2 Å². The molecule has 1 saturated heterocycles. The minimum absolute atomic E-state index is 0.329. The molecular formula is C21H20ClN5. The first kappa shape index (κ1) is 17.6. The first-order valence-electron chi connectivity index (χ1n) is 9.08. The summed E-state index contributed by atoms with van der Waals surface area (Å²) < 4.78 is 0. The molecule has 1 N–H and O–H groups in total. The lowest BCUT2D eigenvalue weighted by molar-refractivity contribution is 0.522. The molecule has 0 unspecified atom stereocenters. The maximum Gasteiger partial charge on any atom is 0.128 e. The maximum absolute atomic E-state index is 9.48. The van der Waals surface area contributed by atoms with Gasteiger partial charge in [-0.25, -0.2) is 9.97 Å². The molecule has 27 heavy (non-hydrogen) atoms. The summed E-state index contributed by atoms with van der Waals surface area (Å²) in [6.45, 7) is 3.91. The fraction of sp³-hybridized carbons (Fsp3) is 0.286. The molecule has 4 rings (SSSR count). The fourth-order valence-corrected chi connectivity index (χ4v) is 3.70. The van der Waals surface area contributed by atoms with Gasteiger partial charge in [0.05, 0.1) is 17.1 Å². The number of hydrogen-bond donors (Lipinski definition) is 1. The number of anilines is 2. The highest BCUT2D eigenvalue weighted by Gasteiger charge is 2.21. The average Bonchev–Trinajstić information content (AvgIpc) is 2.68. The molecule has 0 radical (unpaired) electrons. The predicted molar refractivity (Wildman–Crippen MR) is 109 cm³/mol. The number of rotatable bonds is 3.